The molecule has 1 atom stereocenters. The molecular weight excluding hydrogens is 242 g/mol. The van der Waals surface area contributed by atoms with Gasteiger partial charge in [0.1, 0.15) is 5.82 Å². The Morgan fingerprint density at radius 1 is 1.53 bits per heavy atom. The largest absolute Gasteiger partial charge is 0.368 e. The highest BCUT2D eigenvalue weighted by Crippen LogP contribution is 2.16. The van der Waals surface area contributed by atoms with Crippen LogP contribution in [0.15, 0.2) is 23.3 Å². The van der Waals surface area contributed by atoms with Gasteiger partial charge in [-0.15, -0.1) is 0 Å². The molecule has 0 bridgehead atoms. The third-order valence-corrected chi connectivity index (χ3v) is 3.68. The van der Waals surface area contributed by atoms with Crippen LogP contribution in [0.4, 0.5) is 5.82 Å². The summed E-state index contributed by atoms with van der Waals surface area (Å²) in [6.45, 7) is 2.01. The minimum absolute atomic E-state index is 0.202. The van der Waals surface area contributed by atoms with Gasteiger partial charge in [0.15, 0.2) is 5.52 Å². The van der Waals surface area contributed by atoms with Crippen LogP contribution >= 0.6 is 0 Å². The summed E-state index contributed by atoms with van der Waals surface area (Å²) in [5, 5.41) is 3.30. The average molecular weight is 259 g/mol. The van der Waals surface area contributed by atoms with E-state index in [1.807, 2.05) is 12.1 Å². The Kier molecular flexibility index (Phi) is 3.16. The van der Waals surface area contributed by atoms with Gasteiger partial charge in [0.25, 0.3) is 5.56 Å². The van der Waals surface area contributed by atoms with Crippen LogP contribution < -0.4 is 10.9 Å². The summed E-state index contributed by atoms with van der Waals surface area (Å²) < 4.78 is 0. The lowest BCUT2D eigenvalue weighted by Crippen LogP contribution is -2.31. The van der Waals surface area contributed by atoms with Crippen LogP contribution in [0, 0.1) is 0 Å². The summed E-state index contributed by atoms with van der Waals surface area (Å²) in [6.07, 6.45) is 3.85. The van der Waals surface area contributed by atoms with Gasteiger partial charge in [0, 0.05) is 12.6 Å². The van der Waals surface area contributed by atoms with E-state index in [1.165, 1.54) is 19.2 Å². The first-order chi connectivity index (χ1) is 9.24. The van der Waals surface area contributed by atoms with E-state index in [2.05, 4.69) is 32.2 Å². The number of nitrogens with zero attached hydrogens (tertiary/aromatic N) is 3. The minimum Gasteiger partial charge on any atom is -0.368 e. The second kappa shape index (κ2) is 4.97. The zero-order chi connectivity index (χ0) is 13.2. The molecule has 1 fully saturated rings. The lowest BCUT2D eigenvalue weighted by molar-refractivity contribution is 0.322. The van der Waals surface area contributed by atoms with Gasteiger partial charge in [-0.25, -0.2) is 9.97 Å². The number of hydrogen-bond acceptors (Lipinski definition) is 5. The number of anilines is 1. The number of nitrogens with one attached hydrogen (secondary N) is 2. The average Bonchev–Trinajstić information content (AvgIpc) is 2.83. The van der Waals surface area contributed by atoms with E-state index in [0.717, 1.165) is 18.9 Å². The van der Waals surface area contributed by atoms with Crippen LogP contribution in [-0.4, -0.2) is 46.0 Å². The van der Waals surface area contributed by atoms with E-state index in [-0.39, 0.29) is 5.56 Å². The molecule has 1 aliphatic heterocycles. The van der Waals surface area contributed by atoms with Crippen molar-refractivity contribution < 1.29 is 0 Å². The van der Waals surface area contributed by atoms with Crippen molar-refractivity contribution in [2.75, 3.05) is 25.5 Å². The molecule has 2 aromatic rings. The third kappa shape index (κ3) is 2.44. The molecule has 1 saturated heterocycles. The first kappa shape index (κ1) is 12.1. The Morgan fingerprint density at radius 2 is 2.42 bits per heavy atom. The molecule has 2 N–H and O–H groups in total. The number of likely N-dealkylation sites (tertiary alicyclic amines) is 1. The second-order valence-electron chi connectivity index (χ2n) is 4.95. The molecule has 0 saturated carbocycles. The van der Waals surface area contributed by atoms with Crippen LogP contribution in [-0.2, 0) is 0 Å². The molecule has 0 spiro atoms. The Hall–Kier alpha value is -1.95. The van der Waals surface area contributed by atoms with Gasteiger partial charge in [-0.3, -0.25) is 4.79 Å². The number of aromatic nitrogens is 3. The van der Waals surface area contributed by atoms with Crippen LogP contribution in [0.1, 0.15) is 12.8 Å². The van der Waals surface area contributed by atoms with Gasteiger partial charge in [-0.1, -0.05) is 0 Å². The summed E-state index contributed by atoms with van der Waals surface area (Å²) in [4.78, 5) is 24.9. The van der Waals surface area contributed by atoms with E-state index in [0.29, 0.717) is 17.1 Å². The van der Waals surface area contributed by atoms with Crippen molar-refractivity contribution in [2.45, 2.75) is 18.9 Å². The zero-order valence-electron chi connectivity index (χ0n) is 10.9. The number of rotatable bonds is 3. The minimum atomic E-state index is -0.202. The van der Waals surface area contributed by atoms with Gasteiger partial charge in [-0.2, -0.15) is 0 Å². The Morgan fingerprint density at radius 3 is 3.21 bits per heavy atom. The van der Waals surface area contributed by atoms with Gasteiger partial charge in [0.05, 0.1) is 11.8 Å². The van der Waals surface area contributed by atoms with Gasteiger partial charge >= 0.3 is 0 Å². The molecule has 1 aliphatic rings. The summed E-state index contributed by atoms with van der Waals surface area (Å²) in [5.41, 5.74) is 0.797. The van der Waals surface area contributed by atoms with Gasteiger partial charge < -0.3 is 15.2 Å². The Bertz CT molecular complexity index is 638. The fourth-order valence-corrected chi connectivity index (χ4v) is 2.51. The topological polar surface area (TPSA) is 73.9 Å². The first-order valence-corrected chi connectivity index (χ1v) is 6.52. The molecule has 0 unspecified atom stereocenters. The highest BCUT2D eigenvalue weighted by Gasteiger charge is 2.20. The molecule has 0 amide bonds. The third-order valence-electron chi connectivity index (χ3n) is 3.68. The van der Waals surface area contributed by atoms with Crippen LogP contribution in [0.25, 0.3) is 11.0 Å². The van der Waals surface area contributed by atoms with Crippen molar-refractivity contribution in [3.8, 4) is 0 Å². The highest BCUT2D eigenvalue weighted by molar-refractivity contribution is 5.74. The van der Waals surface area contributed by atoms with Crippen molar-refractivity contribution in [3.05, 3.63) is 28.8 Å². The molecule has 6 heteroatoms. The molecular formula is C13H17N5O. The molecule has 6 nitrogen and oxygen atoms in total. The molecule has 0 aromatic carbocycles. The van der Waals surface area contributed by atoms with E-state index < -0.39 is 0 Å². The maximum absolute atomic E-state index is 11.6. The lowest BCUT2D eigenvalue weighted by Gasteiger charge is -2.19. The fraction of sp³-hybridized carbons (Fsp3) is 0.462. The van der Waals surface area contributed by atoms with Gasteiger partial charge in [0.2, 0.25) is 0 Å². The lowest BCUT2D eigenvalue weighted by atomic mass is 10.2. The Balaban J connectivity index is 1.78. The predicted octanol–water partition coefficient (Wildman–Crippen LogP) is 0.824. The summed E-state index contributed by atoms with van der Waals surface area (Å²) in [7, 11) is 2.14. The SMILES string of the molecule is CN1CCC[C@H]1CNc1ccc2nc[nH]c(=O)c2n1. The summed E-state index contributed by atoms with van der Waals surface area (Å²) in [5.74, 6) is 0.728. The van der Waals surface area contributed by atoms with Crippen LogP contribution in [0.2, 0.25) is 0 Å². The van der Waals surface area contributed by atoms with E-state index in [1.54, 1.807) is 0 Å². The van der Waals surface area contributed by atoms with E-state index in [4.69, 9.17) is 0 Å². The number of H-pyrrole nitrogens is 1. The number of hydrogen-bond donors (Lipinski definition) is 2. The predicted molar refractivity (Wildman–Crippen MR) is 74.3 cm³/mol. The molecule has 100 valence electrons. The molecule has 0 aliphatic carbocycles. The van der Waals surface area contributed by atoms with Crippen molar-refractivity contribution in [1.29, 1.82) is 0 Å². The maximum Gasteiger partial charge on any atom is 0.277 e. The number of likely N-dealkylation sites (N-methyl/N-ethyl adjacent to an activating group) is 1. The number of fused-ring (bicyclic) bond motifs is 1. The van der Waals surface area contributed by atoms with Crippen LogP contribution in [0.3, 0.4) is 0 Å². The van der Waals surface area contributed by atoms with E-state index in [9.17, 15) is 4.79 Å². The molecule has 2 aromatic heterocycles. The normalized spacial score (nSPS) is 19.9. The van der Waals surface area contributed by atoms with Gasteiger partial charge in [-0.05, 0) is 38.6 Å². The van der Waals surface area contributed by atoms with Crippen LogP contribution in [0.5, 0.6) is 0 Å². The van der Waals surface area contributed by atoms with Crippen molar-refractivity contribution in [3.63, 3.8) is 0 Å². The Labute approximate surface area is 110 Å². The smallest absolute Gasteiger partial charge is 0.277 e. The van der Waals surface area contributed by atoms with E-state index >= 15 is 0 Å². The first-order valence-electron chi connectivity index (χ1n) is 6.52. The monoisotopic (exact) mass is 259 g/mol. The molecule has 0 radical (unpaired) electrons. The highest BCUT2D eigenvalue weighted by atomic mass is 16.1. The van der Waals surface area contributed by atoms with Crippen molar-refractivity contribution >= 4 is 16.9 Å². The van der Waals surface area contributed by atoms with Crippen molar-refractivity contribution in [2.24, 2.45) is 0 Å². The zero-order valence-corrected chi connectivity index (χ0v) is 10.9. The maximum atomic E-state index is 11.6. The number of pyridine rings is 1. The second-order valence-corrected chi connectivity index (χ2v) is 4.95. The molecule has 19 heavy (non-hydrogen) atoms. The standard InChI is InChI=1S/C13H17N5O/c1-18-6-2-3-9(18)7-14-11-5-4-10-12(17-11)13(19)16-8-15-10/h4-5,8-9H,2-3,6-7H2,1H3,(H,14,17)(H,15,16,19)/t9-/m0/s1. The number of aromatic amines is 1. The summed E-state index contributed by atoms with van der Waals surface area (Å²) >= 11 is 0. The van der Waals surface area contributed by atoms with Crippen molar-refractivity contribution in [1.82, 2.24) is 19.9 Å². The quantitative estimate of drug-likeness (QED) is 0.854. The fourth-order valence-electron chi connectivity index (χ4n) is 2.51. The molecule has 3 heterocycles. The summed E-state index contributed by atoms with van der Waals surface area (Å²) in [6, 6.07) is 4.23. The molecule has 3 rings (SSSR count).